The van der Waals surface area contributed by atoms with Crippen molar-refractivity contribution in [3.63, 3.8) is 0 Å². The van der Waals surface area contributed by atoms with Crippen LogP contribution >= 0.6 is 0 Å². The number of ether oxygens (including phenoxy) is 1. The van der Waals surface area contributed by atoms with Crippen molar-refractivity contribution in [3.8, 4) is 0 Å². The van der Waals surface area contributed by atoms with Gasteiger partial charge in [0.1, 0.15) is 5.60 Å². The molecule has 1 aromatic rings. The van der Waals surface area contributed by atoms with E-state index in [0.717, 1.165) is 0 Å². The van der Waals surface area contributed by atoms with E-state index in [1.54, 1.807) is 24.3 Å². The molecule has 0 atom stereocenters. The summed E-state index contributed by atoms with van der Waals surface area (Å²) in [4.78, 5) is 11.9. The third-order valence-corrected chi connectivity index (χ3v) is 2.45. The van der Waals surface area contributed by atoms with E-state index in [2.05, 4.69) is 19.2 Å². The minimum atomic E-state index is -0.539. The molecule has 0 bridgehead atoms. The molecule has 0 aliphatic rings. The number of hydrogen-bond acceptors (Lipinski definition) is 4. The zero-order valence-corrected chi connectivity index (χ0v) is 11.5. The fourth-order valence-corrected chi connectivity index (χ4v) is 1.42. The Balaban J connectivity index is 2.60. The molecule has 0 heterocycles. The lowest BCUT2D eigenvalue weighted by molar-refractivity contribution is -0.00115. The molecule has 4 heteroatoms. The Morgan fingerprint density at radius 1 is 1.33 bits per heavy atom. The molecule has 0 unspecified atom stereocenters. The van der Waals surface area contributed by atoms with Crippen molar-refractivity contribution in [1.29, 1.82) is 0 Å². The Bertz CT molecular complexity index is 397. The van der Waals surface area contributed by atoms with E-state index in [4.69, 9.17) is 10.5 Å². The molecule has 0 amide bonds. The summed E-state index contributed by atoms with van der Waals surface area (Å²) < 4.78 is 5.47. The summed E-state index contributed by atoms with van der Waals surface area (Å²) >= 11 is 0. The fourth-order valence-electron chi connectivity index (χ4n) is 1.42. The zero-order valence-electron chi connectivity index (χ0n) is 11.5. The number of benzene rings is 1. The highest BCUT2D eigenvalue weighted by molar-refractivity contribution is 5.90. The zero-order chi connectivity index (χ0) is 13.8. The third-order valence-electron chi connectivity index (χ3n) is 2.45. The molecule has 0 saturated carbocycles. The predicted octanol–water partition coefficient (Wildman–Crippen LogP) is 2.20. The number of hydrogen-bond donors (Lipinski definition) is 2. The summed E-state index contributed by atoms with van der Waals surface area (Å²) in [7, 11) is 0. The first-order valence-corrected chi connectivity index (χ1v) is 6.12. The van der Waals surface area contributed by atoms with Crippen molar-refractivity contribution >= 4 is 11.7 Å². The topological polar surface area (TPSA) is 64.3 Å². The minimum Gasteiger partial charge on any atom is -0.455 e. The molecule has 0 saturated heterocycles. The van der Waals surface area contributed by atoms with Gasteiger partial charge in [0.25, 0.3) is 0 Å². The highest BCUT2D eigenvalue weighted by Gasteiger charge is 2.23. The molecule has 3 N–H and O–H groups in total. The Hall–Kier alpha value is -1.55. The van der Waals surface area contributed by atoms with Gasteiger partial charge in [0.2, 0.25) is 0 Å². The van der Waals surface area contributed by atoms with Crippen molar-refractivity contribution < 1.29 is 9.53 Å². The molecular weight excluding hydrogens is 228 g/mol. The fraction of sp³-hybridized carbons (Fsp3) is 0.500. The quantitative estimate of drug-likeness (QED) is 0.621. The van der Waals surface area contributed by atoms with Crippen LogP contribution < -0.4 is 11.1 Å². The number of nitrogens with one attached hydrogen (secondary N) is 1. The Kier molecular flexibility index (Phi) is 4.73. The van der Waals surface area contributed by atoms with Crippen molar-refractivity contribution in [2.45, 2.75) is 39.3 Å². The number of carbonyl (C=O) groups excluding carboxylic acids is 1. The Morgan fingerprint density at radius 3 is 2.39 bits per heavy atom. The Labute approximate surface area is 109 Å². The largest absolute Gasteiger partial charge is 0.455 e. The van der Waals surface area contributed by atoms with Crippen LogP contribution in [0.15, 0.2) is 24.3 Å². The van der Waals surface area contributed by atoms with E-state index in [1.165, 1.54) is 0 Å². The van der Waals surface area contributed by atoms with Crippen LogP contribution in [0.25, 0.3) is 0 Å². The maximum Gasteiger partial charge on any atom is 0.338 e. The summed E-state index contributed by atoms with van der Waals surface area (Å²) in [5.74, 6) is -0.328. The molecule has 4 nitrogen and oxygen atoms in total. The second kappa shape index (κ2) is 5.87. The van der Waals surface area contributed by atoms with Gasteiger partial charge in [-0.15, -0.1) is 0 Å². The van der Waals surface area contributed by atoms with E-state index in [-0.39, 0.29) is 5.97 Å². The maximum atomic E-state index is 11.9. The van der Waals surface area contributed by atoms with E-state index >= 15 is 0 Å². The van der Waals surface area contributed by atoms with Crippen LogP contribution in [0.4, 0.5) is 5.69 Å². The second-order valence-electron chi connectivity index (χ2n) is 5.31. The molecule has 18 heavy (non-hydrogen) atoms. The SMILES string of the molecule is CC(C)NCC(C)(C)OC(=O)c1ccc(N)cc1. The number of nitrogens with two attached hydrogens (primary N) is 1. The molecule has 0 aliphatic heterocycles. The van der Waals surface area contributed by atoms with E-state index in [9.17, 15) is 4.79 Å². The summed E-state index contributed by atoms with van der Waals surface area (Å²) in [5.41, 5.74) is 6.18. The van der Waals surface area contributed by atoms with Gasteiger partial charge in [0.15, 0.2) is 0 Å². The number of carbonyl (C=O) groups is 1. The van der Waals surface area contributed by atoms with E-state index in [1.807, 2.05) is 13.8 Å². The average molecular weight is 250 g/mol. The van der Waals surface area contributed by atoms with Crippen LogP contribution in [0.3, 0.4) is 0 Å². The maximum absolute atomic E-state index is 11.9. The highest BCUT2D eigenvalue weighted by Crippen LogP contribution is 2.14. The number of nitrogen functional groups attached to an aromatic ring is 1. The highest BCUT2D eigenvalue weighted by atomic mass is 16.6. The van der Waals surface area contributed by atoms with E-state index in [0.29, 0.717) is 23.8 Å². The van der Waals surface area contributed by atoms with Crippen LogP contribution in [-0.2, 0) is 4.74 Å². The summed E-state index contributed by atoms with van der Waals surface area (Å²) in [6, 6.07) is 7.08. The first-order valence-electron chi connectivity index (χ1n) is 6.12. The molecule has 100 valence electrons. The summed E-state index contributed by atoms with van der Waals surface area (Å²) in [6.45, 7) is 8.50. The number of rotatable bonds is 5. The predicted molar refractivity (Wildman–Crippen MR) is 73.5 cm³/mol. The lowest BCUT2D eigenvalue weighted by Gasteiger charge is -2.26. The number of esters is 1. The van der Waals surface area contributed by atoms with Gasteiger partial charge in [-0.1, -0.05) is 13.8 Å². The van der Waals surface area contributed by atoms with Gasteiger partial charge in [-0.2, -0.15) is 0 Å². The molecule has 1 aromatic carbocycles. The third kappa shape index (κ3) is 4.75. The van der Waals surface area contributed by atoms with Crippen LogP contribution in [0.5, 0.6) is 0 Å². The first kappa shape index (κ1) is 14.5. The first-order chi connectivity index (χ1) is 8.30. The van der Waals surface area contributed by atoms with Gasteiger partial charge in [-0.05, 0) is 38.1 Å². The van der Waals surface area contributed by atoms with Crippen molar-refractivity contribution in [2.75, 3.05) is 12.3 Å². The van der Waals surface area contributed by atoms with Gasteiger partial charge in [-0.3, -0.25) is 0 Å². The van der Waals surface area contributed by atoms with Crippen LogP contribution in [0, 0.1) is 0 Å². The van der Waals surface area contributed by atoms with Crippen molar-refractivity contribution in [2.24, 2.45) is 0 Å². The summed E-state index contributed by atoms with van der Waals surface area (Å²) in [6.07, 6.45) is 0. The normalized spacial score (nSPS) is 11.6. The van der Waals surface area contributed by atoms with E-state index < -0.39 is 5.60 Å². The molecule has 0 aliphatic carbocycles. The molecule has 0 fully saturated rings. The lowest BCUT2D eigenvalue weighted by Crippen LogP contribution is -2.41. The second-order valence-corrected chi connectivity index (χ2v) is 5.31. The van der Waals surface area contributed by atoms with Gasteiger partial charge in [-0.25, -0.2) is 4.79 Å². The van der Waals surface area contributed by atoms with Crippen molar-refractivity contribution in [3.05, 3.63) is 29.8 Å². The van der Waals surface area contributed by atoms with Crippen molar-refractivity contribution in [1.82, 2.24) is 5.32 Å². The van der Waals surface area contributed by atoms with Crippen LogP contribution in [0.1, 0.15) is 38.1 Å². The van der Waals surface area contributed by atoms with Gasteiger partial charge < -0.3 is 15.8 Å². The molecule has 0 aromatic heterocycles. The number of anilines is 1. The molecule has 1 rings (SSSR count). The van der Waals surface area contributed by atoms with Gasteiger partial charge in [0.05, 0.1) is 5.56 Å². The van der Waals surface area contributed by atoms with Crippen LogP contribution in [0.2, 0.25) is 0 Å². The monoisotopic (exact) mass is 250 g/mol. The standard InChI is InChI=1S/C14H22N2O2/c1-10(2)16-9-14(3,4)18-13(17)11-5-7-12(15)8-6-11/h5-8,10,16H,9,15H2,1-4H3. The lowest BCUT2D eigenvalue weighted by atomic mass is 10.1. The molecule has 0 radical (unpaired) electrons. The average Bonchev–Trinajstić information content (AvgIpc) is 2.27. The van der Waals surface area contributed by atoms with Crippen LogP contribution in [-0.4, -0.2) is 24.2 Å². The van der Waals surface area contributed by atoms with Gasteiger partial charge >= 0.3 is 5.97 Å². The smallest absolute Gasteiger partial charge is 0.338 e. The molecular formula is C14H22N2O2. The summed E-state index contributed by atoms with van der Waals surface area (Å²) in [5, 5.41) is 3.25. The molecule has 0 spiro atoms. The minimum absolute atomic E-state index is 0.328. The van der Waals surface area contributed by atoms with Gasteiger partial charge in [0, 0.05) is 18.3 Å². The Morgan fingerprint density at radius 2 is 1.89 bits per heavy atom.